The summed E-state index contributed by atoms with van der Waals surface area (Å²) in [5.74, 6) is -0.523. The maximum absolute atomic E-state index is 12.4. The Morgan fingerprint density at radius 1 is 1.21 bits per heavy atom. The SMILES string of the molecule is Cc1ccc(S(=O)(=O)n2c([N+](=O)[O-])cnc2C)cc1. The highest BCUT2D eigenvalue weighted by Crippen LogP contribution is 2.22. The number of nitrogens with zero attached hydrogens (tertiary/aromatic N) is 3. The highest BCUT2D eigenvalue weighted by molar-refractivity contribution is 7.90. The second-order valence-electron chi connectivity index (χ2n) is 4.00. The Balaban J connectivity index is 2.66. The fraction of sp³-hybridized carbons (Fsp3) is 0.182. The molecule has 0 radical (unpaired) electrons. The number of rotatable bonds is 3. The third-order valence-corrected chi connectivity index (χ3v) is 4.41. The molecule has 0 aliphatic rings. The van der Waals surface area contributed by atoms with E-state index in [0.29, 0.717) is 3.97 Å². The largest absolute Gasteiger partial charge is 0.358 e. The lowest BCUT2D eigenvalue weighted by molar-refractivity contribution is -0.390. The summed E-state index contributed by atoms with van der Waals surface area (Å²) in [7, 11) is -4.01. The van der Waals surface area contributed by atoms with Crippen molar-refractivity contribution in [1.29, 1.82) is 0 Å². The zero-order valence-electron chi connectivity index (χ0n) is 10.3. The first-order valence-corrected chi connectivity index (χ1v) is 6.79. The predicted molar refractivity (Wildman–Crippen MR) is 67.4 cm³/mol. The minimum Gasteiger partial charge on any atom is -0.358 e. The number of imidazole rings is 1. The van der Waals surface area contributed by atoms with Gasteiger partial charge in [-0.3, -0.25) is 0 Å². The van der Waals surface area contributed by atoms with E-state index in [9.17, 15) is 18.5 Å². The molecule has 0 fully saturated rings. The van der Waals surface area contributed by atoms with Gasteiger partial charge in [0.25, 0.3) is 0 Å². The normalized spacial score (nSPS) is 11.5. The van der Waals surface area contributed by atoms with E-state index in [1.54, 1.807) is 12.1 Å². The van der Waals surface area contributed by atoms with Crippen molar-refractivity contribution in [3.63, 3.8) is 0 Å². The summed E-state index contributed by atoms with van der Waals surface area (Å²) in [5, 5.41) is 10.8. The summed E-state index contributed by atoms with van der Waals surface area (Å²) in [6.07, 6.45) is 0.932. The molecule has 0 atom stereocenters. The van der Waals surface area contributed by atoms with Crippen molar-refractivity contribution < 1.29 is 13.3 Å². The van der Waals surface area contributed by atoms with E-state index in [4.69, 9.17) is 0 Å². The lowest BCUT2D eigenvalue weighted by Gasteiger charge is -2.04. The van der Waals surface area contributed by atoms with Gasteiger partial charge in [0.1, 0.15) is 11.1 Å². The van der Waals surface area contributed by atoms with Gasteiger partial charge in [-0.1, -0.05) is 21.7 Å². The molecule has 2 aromatic rings. The third-order valence-electron chi connectivity index (χ3n) is 2.62. The molecule has 1 heterocycles. The van der Waals surface area contributed by atoms with Crippen LogP contribution in [0.15, 0.2) is 35.4 Å². The van der Waals surface area contributed by atoms with Gasteiger partial charge in [0.2, 0.25) is 5.82 Å². The van der Waals surface area contributed by atoms with Crippen molar-refractivity contribution in [3.8, 4) is 0 Å². The minimum atomic E-state index is -4.01. The molecule has 7 nitrogen and oxygen atoms in total. The molecule has 0 N–H and O–H groups in total. The van der Waals surface area contributed by atoms with E-state index >= 15 is 0 Å². The van der Waals surface area contributed by atoms with Gasteiger partial charge < -0.3 is 10.1 Å². The van der Waals surface area contributed by atoms with Crippen molar-refractivity contribution in [1.82, 2.24) is 8.96 Å². The first-order valence-electron chi connectivity index (χ1n) is 5.35. The second-order valence-corrected chi connectivity index (χ2v) is 5.79. The van der Waals surface area contributed by atoms with E-state index < -0.39 is 20.8 Å². The average Bonchev–Trinajstić information content (AvgIpc) is 2.72. The van der Waals surface area contributed by atoms with Gasteiger partial charge >= 0.3 is 15.8 Å². The van der Waals surface area contributed by atoms with Crippen LogP contribution in [0.5, 0.6) is 0 Å². The number of aromatic nitrogens is 2. The Bertz CT molecular complexity index is 732. The molecule has 100 valence electrons. The van der Waals surface area contributed by atoms with Crippen LogP contribution in [0, 0.1) is 24.0 Å². The molecule has 0 bridgehead atoms. The maximum atomic E-state index is 12.4. The molecule has 0 spiro atoms. The topological polar surface area (TPSA) is 95.1 Å². The van der Waals surface area contributed by atoms with Crippen LogP contribution in [-0.2, 0) is 10.0 Å². The monoisotopic (exact) mass is 281 g/mol. The Morgan fingerprint density at radius 2 is 1.79 bits per heavy atom. The predicted octanol–water partition coefficient (Wildman–Crippen LogP) is 1.65. The molecule has 0 amide bonds. The van der Waals surface area contributed by atoms with Crippen LogP contribution in [0.4, 0.5) is 5.82 Å². The lowest BCUT2D eigenvalue weighted by atomic mass is 10.2. The molecule has 0 saturated heterocycles. The molecule has 0 saturated carbocycles. The van der Waals surface area contributed by atoms with Gasteiger partial charge in [0, 0.05) is 6.92 Å². The summed E-state index contributed by atoms with van der Waals surface area (Å²) in [4.78, 5) is 13.8. The first kappa shape index (κ1) is 13.2. The minimum absolute atomic E-state index is 0.0118. The second kappa shape index (κ2) is 4.47. The van der Waals surface area contributed by atoms with Crippen molar-refractivity contribution in [2.75, 3.05) is 0 Å². The number of aryl methyl sites for hydroxylation is 2. The average molecular weight is 281 g/mol. The molecular formula is C11H11N3O4S. The summed E-state index contributed by atoms with van der Waals surface area (Å²) < 4.78 is 25.4. The van der Waals surface area contributed by atoms with Gasteiger partial charge in [-0.2, -0.15) is 8.42 Å². The van der Waals surface area contributed by atoms with Crippen LogP contribution in [0.3, 0.4) is 0 Å². The maximum Gasteiger partial charge on any atom is 0.358 e. The highest BCUT2D eigenvalue weighted by atomic mass is 32.2. The fourth-order valence-corrected chi connectivity index (χ4v) is 3.10. The van der Waals surface area contributed by atoms with Gasteiger partial charge in [-0.25, -0.2) is 4.98 Å². The zero-order chi connectivity index (χ0) is 14.2. The summed E-state index contributed by atoms with van der Waals surface area (Å²) in [5.41, 5.74) is 0.899. The molecule has 8 heteroatoms. The van der Waals surface area contributed by atoms with Crippen LogP contribution in [-0.4, -0.2) is 22.3 Å². The molecule has 0 aliphatic carbocycles. The zero-order valence-corrected chi connectivity index (χ0v) is 11.1. The molecule has 1 aromatic heterocycles. The van der Waals surface area contributed by atoms with E-state index in [0.717, 1.165) is 11.8 Å². The van der Waals surface area contributed by atoms with E-state index in [1.807, 2.05) is 6.92 Å². The highest BCUT2D eigenvalue weighted by Gasteiger charge is 2.31. The molecule has 2 rings (SSSR count). The van der Waals surface area contributed by atoms with Gasteiger partial charge in [-0.15, -0.1) is 0 Å². The van der Waals surface area contributed by atoms with Gasteiger partial charge in [0.15, 0.2) is 0 Å². The Morgan fingerprint density at radius 3 is 2.32 bits per heavy atom. The van der Waals surface area contributed by atoms with Gasteiger partial charge in [0.05, 0.1) is 0 Å². The summed E-state index contributed by atoms with van der Waals surface area (Å²) in [6.45, 7) is 3.22. The Kier molecular flexibility index (Phi) is 3.11. The van der Waals surface area contributed by atoms with Crippen LogP contribution in [0.1, 0.15) is 11.4 Å². The fourth-order valence-electron chi connectivity index (χ4n) is 1.66. The molecule has 1 aromatic carbocycles. The molecule has 0 aliphatic heterocycles. The standard InChI is InChI=1S/C11H11N3O4S/c1-8-3-5-10(6-4-8)19(17,18)13-9(2)12-7-11(13)14(15)16/h3-7H,1-2H3. The van der Waals surface area contributed by atoms with E-state index in [2.05, 4.69) is 4.98 Å². The van der Waals surface area contributed by atoms with Crippen molar-refractivity contribution in [3.05, 3.63) is 52.0 Å². The van der Waals surface area contributed by atoms with Gasteiger partial charge in [-0.05, 0) is 24.0 Å². The summed E-state index contributed by atoms with van der Waals surface area (Å²) in [6, 6.07) is 6.08. The molecular weight excluding hydrogens is 270 g/mol. The smallest absolute Gasteiger partial charge is 0.358 e. The number of hydrogen-bond donors (Lipinski definition) is 0. The van der Waals surface area contributed by atoms with E-state index in [1.165, 1.54) is 19.1 Å². The van der Waals surface area contributed by atoms with Crippen LogP contribution in [0.2, 0.25) is 0 Å². The molecule has 19 heavy (non-hydrogen) atoms. The third kappa shape index (κ3) is 2.22. The van der Waals surface area contributed by atoms with Crippen molar-refractivity contribution in [2.24, 2.45) is 0 Å². The number of nitro groups is 1. The van der Waals surface area contributed by atoms with Crippen molar-refractivity contribution in [2.45, 2.75) is 18.7 Å². The van der Waals surface area contributed by atoms with Crippen LogP contribution >= 0.6 is 0 Å². The van der Waals surface area contributed by atoms with E-state index in [-0.39, 0.29) is 10.7 Å². The molecule has 0 unspecified atom stereocenters. The van der Waals surface area contributed by atoms with Crippen LogP contribution in [0.25, 0.3) is 0 Å². The quantitative estimate of drug-likeness (QED) is 0.629. The van der Waals surface area contributed by atoms with Crippen LogP contribution < -0.4 is 0 Å². The Hall–Kier alpha value is -2.22. The van der Waals surface area contributed by atoms with Crippen molar-refractivity contribution >= 4 is 15.8 Å². The Labute approximate surface area is 109 Å². The number of hydrogen-bond acceptors (Lipinski definition) is 5. The number of benzene rings is 1. The first-order chi connectivity index (χ1) is 8.84. The summed E-state index contributed by atoms with van der Waals surface area (Å²) >= 11 is 0. The lowest BCUT2D eigenvalue weighted by Crippen LogP contribution is -2.16.